The molecule has 1 atom stereocenters. The molecule has 2 aromatic carbocycles. The van der Waals surface area contributed by atoms with Crippen LogP contribution in [0.3, 0.4) is 0 Å². The summed E-state index contributed by atoms with van der Waals surface area (Å²) in [5.74, 6) is 0.502. The van der Waals surface area contributed by atoms with E-state index < -0.39 is 5.79 Å². The molecule has 4 nitrogen and oxygen atoms in total. The van der Waals surface area contributed by atoms with E-state index in [0.717, 1.165) is 22.4 Å². The quantitative estimate of drug-likeness (QED) is 0.903. The van der Waals surface area contributed by atoms with Gasteiger partial charge in [-0.15, -0.1) is 0 Å². The standard InChI is InChI=1S/C20H22O4/c1-14(15-4-8-17(21)9-5-15)16-6-10-18(11-7-16)22-12-19-13-23-20(2,3)24-19/h4-11,19,21H,1,12-13H2,2-3H3/t19-/m0/s1. The van der Waals surface area contributed by atoms with E-state index in [1.807, 2.05) is 50.2 Å². The van der Waals surface area contributed by atoms with E-state index in [2.05, 4.69) is 6.58 Å². The monoisotopic (exact) mass is 326 g/mol. The zero-order chi connectivity index (χ0) is 17.2. The second-order valence-electron chi connectivity index (χ2n) is 6.31. The minimum atomic E-state index is -0.528. The van der Waals surface area contributed by atoms with Gasteiger partial charge in [-0.1, -0.05) is 30.8 Å². The Morgan fingerprint density at radius 2 is 1.71 bits per heavy atom. The van der Waals surface area contributed by atoms with Crippen molar-refractivity contribution in [3.05, 3.63) is 66.2 Å². The maximum atomic E-state index is 9.36. The third-order valence-electron chi connectivity index (χ3n) is 3.92. The zero-order valence-electron chi connectivity index (χ0n) is 14.0. The minimum absolute atomic E-state index is 0.0494. The Hall–Kier alpha value is -2.30. The van der Waals surface area contributed by atoms with Crippen molar-refractivity contribution in [2.45, 2.75) is 25.7 Å². The fourth-order valence-electron chi connectivity index (χ4n) is 2.62. The molecule has 1 saturated heterocycles. The van der Waals surface area contributed by atoms with Crippen LogP contribution in [0.5, 0.6) is 11.5 Å². The van der Waals surface area contributed by atoms with Gasteiger partial charge in [0.25, 0.3) is 0 Å². The molecule has 24 heavy (non-hydrogen) atoms. The summed E-state index contributed by atoms with van der Waals surface area (Å²) in [7, 11) is 0. The molecule has 1 aliphatic heterocycles. The molecule has 1 aliphatic rings. The lowest BCUT2D eigenvalue weighted by Gasteiger charge is -2.17. The van der Waals surface area contributed by atoms with Crippen molar-refractivity contribution < 1.29 is 19.3 Å². The third kappa shape index (κ3) is 3.96. The van der Waals surface area contributed by atoms with Gasteiger partial charge < -0.3 is 19.3 Å². The number of benzene rings is 2. The fraction of sp³-hybridized carbons (Fsp3) is 0.300. The molecular formula is C20H22O4. The van der Waals surface area contributed by atoms with Gasteiger partial charge in [0, 0.05) is 0 Å². The minimum Gasteiger partial charge on any atom is -0.508 e. The maximum Gasteiger partial charge on any atom is 0.163 e. The number of rotatable bonds is 5. The molecule has 0 aromatic heterocycles. The molecule has 1 heterocycles. The lowest BCUT2D eigenvalue weighted by Crippen LogP contribution is -2.25. The van der Waals surface area contributed by atoms with Gasteiger partial charge in [0.2, 0.25) is 0 Å². The summed E-state index contributed by atoms with van der Waals surface area (Å²) in [4.78, 5) is 0. The Morgan fingerprint density at radius 3 is 2.25 bits per heavy atom. The molecule has 4 heteroatoms. The van der Waals surface area contributed by atoms with Crippen molar-refractivity contribution in [3.8, 4) is 11.5 Å². The van der Waals surface area contributed by atoms with E-state index in [0.29, 0.717) is 13.2 Å². The molecule has 0 amide bonds. The molecule has 0 unspecified atom stereocenters. The first-order valence-corrected chi connectivity index (χ1v) is 7.96. The summed E-state index contributed by atoms with van der Waals surface area (Å²) in [6.07, 6.45) is -0.0494. The number of ether oxygens (including phenoxy) is 3. The van der Waals surface area contributed by atoms with Gasteiger partial charge in [0.15, 0.2) is 5.79 Å². The molecule has 0 saturated carbocycles. The molecule has 1 N–H and O–H groups in total. The average Bonchev–Trinajstić information content (AvgIpc) is 2.93. The molecule has 2 aromatic rings. The summed E-state index contributed by atoms with van der Waals surface area (Å²) in [5, 5.41) is 9.36. The fourth-order valence-corrected chi connectivity index (χ4v) is 2.62. The van der Waals surface area contributed by atoms with Gasteiger partial charge in [-0.25, -0.2) is 0 Å². The van der Waals surface area contributed by atoms with Crippen molar-refractivity contribution in [2.24, 2.45) is 0 Å². The Morgan fingerprint density at radius 1 is 1.12 bits per heavy atom. The molecule has 126 valence electrons. The van der Waals surface area contributed by atoms with E-state index in [4.69, 9.17) is 14.2 Å². The Labute approximate surface area is 142 Å². The van der Waals surface area contributed by atoms with Crippen LogP contribution in [0.15, 0.2) is 55.1 Å². The summed E-state index contributed by atoms with van der Waals surface area (Å²) in [6, 6.07) is 14.8. The Bertz CT molecular complexity index is 701. The number of hydrogen-bond donors (Lipinski definition) is 1. The SMILES string of the molecule is C=C(c1ccc(O)cc1)c1ccc(OC[C@H]2COC(C)(C)O2)cc1. The van der Waals surface area contributed by atoms with Crippen LogP contribution in [-0.2, 0) is 9.47 Å². The predicted octanol–water partition coefficient (Wildman–Crippen LogP) is 3.98. The third-order valence-corrected chi connectivity index (χ3v) is 3.92. The first-order chi connectivity index (χ1) is 11.4. The number of phenolic OH excluding ortho intramolecular Hbond substituents is 1. The highest BCUT2D eigenvalue weighted by Gasteiger charge is 2.32. The smallest absolute Gasteiger partial charge is 0.163 e. The van der Waals surface area contributed by atoms with E-state index in [1.165, 1.54) is 0 Å². The van der Waals surface area contributed by atoms with Gasteiger partial charge in [-0.3, -0.25) is 0 Å². The highest BCUT2D eigenvalue weighted by atomic mass is 16.7. The number of hydrogen-bond acceptors (Lipinski definition) is 4. The summed E-state index contributed by atoms with van der Waals surface area (Å²) >= 11 is 0. The van der Waals surface area contributed by atoms with Crippen LogP contribution in [0.4, 0.5) is 0 Å². The molecule has 1 fully saturated rings. The zero-order valence-corrected chi connectivity index (χ0v) is 14.0. The highest BCUT2D eigenvalue weighted by molar-refractivity contribution is 5.78. The lowest BCUT2D eigenvalue weighted by atomic mass is 9.99. The van der Waals surface area contributed by atoms with Crippen molar-refractivity contribution in [3.63, 3.8) is 0 Å². The van der Waals surface area contributed by atoms with E-state index >= 15 is 0 Å². The molecular weight excluding hydrogens is 304 g/mol. The van der Waals surface area contributed by atoms with E-state index in [1.54, 1.807) is 12.1 Å². The Balaban J connectivity index is 1.59. The molecule has 0 bridgehead atoms. The molecule has 0 spiro atoms. The summed E-state index contributed by atoms with van der Waals surface area (Å²) in [5.41, 5.74) is 2.88. The predicted molar refractivity (Wildman–Crippen MR) is 93.1 cm³/mol. The highest BCUT2D eigenvalue weighted by Crippen LogP contribution is 2.26. The molecule has 0 aliphatic carbocycles. The van der Waals surface area contributed by atoms with Crippen LogP contribution in [0.25, 0.3) is 5.57 Å². The second-order valence-corrected chi connectivity index (χ2v) is 6.31. The van der Waals surface area contributed by atoms with Gasteiger partial charge in [0.05, 0.1) is 6.61 Å². The topological polar surface area (TPSA) is 47.9 Å². The van der Waals surface area contributed by atoms with Crippen LogP contribution in [0.1, 0.15) is 25.0 Å². The molecule has 3 rings (SSSR count). The average molecular weight is 326 g/mol. The largest absolute Gasteiger partial charge is 0.508 e. The first kappa shape index (κ1) is 16.6. The van der Waals surface area contributed by atoms with Crippen LogP contribution < -0.4 is 4.74 Å². The normalized spacial score (nSPS) is 19.2. The van der Waals surface area contributed by atoms with Gasteiger partial charge in [-0.2, -0.15) is 0 Å². The van der Waals surface area contributed by atoms with Crippen molar-refractivity contribution in [1.82, 2.24) is 0 Å². The number of aromatic hydroxyl groups is 1. The van der Waals surface area contributed by atoms with Crippen LogP contribution >= 0.6 is 0 Å². The van der Waals surface area contributed by atoms with Crippen molar-refractivity contribution in [1.29, 1.82) is 0 Å². The molecule has 0 radical (unpaired) electrons. The summed E-state index contributed by atoms with van der Waals surface area (Å²) < 4.78 is 17.0. The van der Waals surface area contributed by atoms with Gasteiger partial charge >= 0.3 is 0 Å². The maximum absolute atomic E-state index is 9.36. The Kier molecular flexibility index (Phi) is 4.60. The van der Waals surface area contributed by atoms with E-state index in [-0.39, 0.29) is 11.9 Å². The van der Waals surface area contributed by atoms with Crippen LogP contribution in [0, 0.1) is 0 Å². The van der Waals surface area contributed by atoms with E-state index in [9.17, 15) is 5.11 Å². The van der Waals surface area contributed by atoms with Gasteiger partial charge in [0.1, 0.15) is 24.2 Å². The van der Waals surface area contributed by atoms with Crippen LogP contribution in [-0.4, -0.2) is 30.2 Å². The summed E-state index contributed by atoms with van der Waals surface area (Å²) in [6.45, 7) is 8.92. The van der Waals surface area contributed by atoms with Crippen LogP contribution in [0.2, 0.25) is 0 Å². The second kappa shape index (κ2) is 6.67. The number of phenols is 1. The van der Waals surface area contributed by atoms with Crippen molar-refractivity contribution in [2.75, 3.05) is 13.2 Å². The lowest BCUT2D eigenvalue weighted by molar-refractivity contribution is -0.141. The van der Waals surface area contributed by atoms with Gasteiger partial charge in [-0.05, 0) is 54.8 Å². The van der Waals surface area contributed by atoms with Crippen molar-refractivity contribution >= 4 is 5.57 Å². The first-order valence-electron chi connectivity index (χ1n) is 7.96.